The van der Waals surface area contributed by atoms with Crippen molar-refractivity contribution < 1.29 is 9.18 Å². The number of aryl methyl sites for hydroxylation is 2. The summed E-state index contributed by atoms with van der Waals surface area (Å²) >= 11 is 1.76. The number of thioether (sulfide) groups is 1. The van der Waals surface area contributed by atoms with Gasteiger partial charge in [0.15, 0.2) is 0 Å². The van der Waals surface area contributed by atoms with Crippen LogP contribution in [0.15, 0.2) is 42.5 Å². The first-order valence-corrected chi connectivity index (χ1v) is 11.5. The number of hydrogen-bond acceptors (Lipinski definition) is 3. The fraction of sp³-hybridized carbons (Fsp3) is 0.458. The summed E-state index contributed by atoms with van der Waals surface area (Å²) in [4.78, 5) is 17.4. The Morgan fingerprint density at radius 3 is 2.69 bits per heavy atom. The summed E-state index contributed by atoms with van der Waals surface area (Å²) in [7, 11) is 0. The van der Waals surface area contributed by atoms with Crippen LogP contribution in [0.2, 0.25) is 0 Å². The molecule has 0 aromatic heterocycles. The van der Waals surface area contributed by atoms with Gasteiger partial charge in [-0.1, -0.05) is 49.2 Å². The highest BCUT2D eigenvalue weighted by Crippen LogP contribution is 2.38. The minimum absolute atomic E-state index is 0.0168. The Kier molecular flexibility index (Phi) is 7.73. The Morgan fingerprint density at radius 2 is 1.97 bits per heavy atom. The molecule has 0 aliphatic carbocycles. The van der Waals surface area contributed by atoms with E-state index in [0.717, 1.165) is 43.8 Å². The summed E-state index contributed by atoms with van der Waals surface area (Å²) in [6, 6.07) is 13.1. The molecule has 1 unspecified atom stereocenters. The lowest BCUT2D eigenvalue weighted by Crippen LogP contribution is -2.40. The first-order valence-electron chi connectivity index (χ1n) is 10.4. The van der Waals surface area contributed by atoms with E-state index in [9.17, 15) is 9.18 Å². The van der Waals surface area contributed by atoms with Crippen molar-refractivity contribution in [3.05, 3.63) is 70.5 Å². The van der Waals surface area contributed by atoms with Crippen LogP contribution in [0.3, 0.4) is 0 Å². The average Bonchev–Trinajstić information content (AvgIpc) is 3.19. The summed E-state index contributed by atoms with van der Waals surface area (Å²) < 4.78 is 13.3. The van der Waals surface area contributed by atoms with Gasteiger partial charge < -0.3 is 4.90 Å². The second-order valence-corrected chi connectivity index (χ2v) is 9.04. The number of hydrogen-bond donors (Lipinski definition) is 0. The van der Waals surface area contributed by atoms with Crippen molar-refractivity contribution in [3.8, 4) is 0 Å². The van der Waals surface area contributed by atoms with Gasteiger partial charge in [-0.2, -0.15) is 0 Å². The molecule has 1 saturated heterocycles. The lowest BCUT2D eigenvalue weighted by molar-refractivity contribution is -0.132. The van der Waals surface area contributed by atoms with E-state index in [0.29, 0.717) is 6.54 Å². The number of carbonyl (C=O) groups is 1. The fourth-order valence-corrected chi connectivity index (χ4v) is 5.00. The second-order valence-electron chi connectivity index (χ2n) is 7.86. The first kappa shape index (κ1) is 21.8. The van der Waals surface area contributed by atoms with Gasteiger partial charge in [-0.3, -0.25) is 9.69 Å². The highest BCUT2D eigenvalue weighted by molar-refractivity contribution is 7.99. The lowest BCUT2D eigenvalue weighted by Gasteiger charge is -2.29. The molecule has 1 heterocycles. The maximum Gasteiger partial charge on any atom is 0.237 e. The molecule has 29 heavy (non-hydrogen) atoms. The standard InChI is InChI=1S/C24H31FN2OS/c1-4-5-12-26(16-21-15-18(2)6-7-19(21)3)17-23(28)27-13-14-29-24(27)20-8-10-22(25)11-9-20/h6-11,15,24H,4-5,12-14,16-17H2,1-3H3. The normalized spacial score (nSPS) is 16.6. The Morgan fingerprint density at radius 1 is 1.21 bits per heavy atom. The highest BCUT2D eigenvalue weighted by Gasteiger charge is 2.31. The third kappa shape index (κ3) is 5.83. The molecule has 0 radical (unpaired) electrons. The predicted octanol–water partition coefficient (Wildman–Crippen LogP) is 5.32. The third-order valence-corrected chi connectivity index (χ3v) is 6.71. The monoisotopic (exact) mass is 414 g/mol. The molecule has 2 aromatic carbocycles. The van der Waals surface area contributed by atoms with Crippen molar-refractivity contribution in [2.45, 2.75) is 45.5 Å². The molecule has 1 atom stereocenters. The fourth-order valence-electron chi connectivity index (χ4n) is 3.72. The van der Waals surface area contributed by atoms with Crippen LogP contribution in [-0.4, -0.2) is 41.1 Å². The molecule has 1 aliphatic heterocycles. The summed E-state index contributed by atoms with van der Waals surface area (Å²) in [5, 5.41) is -0.0168. The zero-order chi connectivity index (χ0) is 20.8. The van der Waals surface area contributed by atoms with Crippen LogP contribution in [0, 0.1) is 19.7 Å². The molecule has 0 N–H and O–H groups in total. The molecule has 0 saturated carbocycles. The number of benzene rings is 2. The van der Waals surface area contributed by atoms with Crippen molar-refractivity contribution in [2.24, 2.45) is 0 Å². The Labute approximate surface area is 178 Å². The van der Waals surface area contributed by atoms with Crippen LogP contribution in [0.5, 0.6) is 0 Å². The summed E-state index contributed by atoms with van der Waals surface area (Å²) in [5.41, 5.74) is 4.81. The molecular formula is C24H31FN2OS. The number of unbranched alkanes of at least 4 members (excludes halogenated alkanes) is 1. The molecule has 0 spiro atoms. The highest BCUT2D eigenvalue weighted by atomic mass is 32.2. The van der Waals surface area contributed by atoms with Crippen molar-refractivity contribution in [1.29, 1.82) is 0 Å². The molecule has 3 rings (SSSR count). The van der Waals surface area contributed by atoms with Crippen molar-refractivity contribution in [3.63, 3.8) is 0 Å². The van der Waals surface area contributed by atoms with Gasteiger partial charge in [-0.25, -0.2) is 4.39 Å². The molecule has 2 aromatic rings. The van der Waals surface area contributed by atoms with E-state index in [1.54, 1.807) is 23.9 Å². The number of nitrogens with zero attached hydrogens (tertiary/aromatic N) is 2. The van der Waals surface area contributed by atoms with E-state index in [4.69, 9.17) is 0 Å². The zero-order valence-electron chi connectivity index (χ0n) is 17.7. The van der Waals surface area contributed by atoms with Crippen LogP contribution in [0.1, 0.15) is 47.4 Å². The van der Waals surface area contributed by atoms with Crippen molar-refractivity contribution >= 4 is 17.7 Å². The number of halogens is 1. The minimum Gasteiger partial charge on any atom is -0.325 e. The van der Waals surface area contributed by atoms with E-state index < -0.39 is 0 Å². The SMILES string of the molecule is CCCCN(CC(=O)N1CCSC1c1ccc(F)cc1)Cc1cc(C)ccc1C. The van der Waals surface area contributed by atoms with Gasteiger partial charge in [0.1, 0.15) is 11.2 Å². The van der Waals surface area contributed by atoms with Gasteiger partial charge in [0.05, 0.1) is 6.54 Å². The van der Waals surface area contributed by atoms with Gasteiger partial charge in [-0.05, 0) is 55.6 Å². The molecular weight excluding hydrogens is 383 g/mol. The van der Waals surface area contributed by atoms with Crippen LogP contribution < -0.4 is 0 Å². The van der Waals surface area contributed by atoms with E-state index in [-0.39, 0.29) is 17.1 Å². The smallest absolute Gasteiger partial charge is 0.237 e. The zero-order valence-corrected chi connectivity index (χ0v) is 18.5. The van der Waals surface area contributed by atoms with Gasteiger partial charge in [0.2, 0.25) is 5.91 Å². The minimum atomic E-state index is -0.242. The van der Waals surface area contributed by atoms with Gasteiger partial charge in [0.25, 0.3) is 0 Å². The van der Waals surface area contributed by atoms with Gasteiger partial charge in [0, 0.05) is 18.8 Å². The molecule has 1 aliphatic rings. The third-order valence-electron chi connectivity index (χ3n) is 5.45. The molecule has 1 amide bonds. The average molecular weight is 415 g/mol. The molecule has 0 bridgehead atoms. The number of carbonyl (C=O) groups excluding carboxylic acids is 1. The van der Waals surface area contributed by atoms with E-state index in [1.807, 2.05) is 4.90 Å². The first-order chi connectivity index (χ1) is 14.0. The maximum atomic E-state index is 13.3. The Hall–Kier alpha value is -1.85. The summed E-state index contributed by atoms with van der Waals surface area (Å²) in [5.74, 6) is 0.833. The summed E-state index contributed by atoms with van der Waals surface area (Å²) in [6.45, 7) is 9.30. The van der Waals surface area contributed by atoms with Crippen LogP contribution >= 0.6 is 11.8 Å². The van der Waals surface area contributed by atoms with E-state index >= 15 is 0 Å². The molecule has 156 valence electrons. The largest absolute Gasteiger partial charge is 0.325 e. The van der Waals surface area contributed by atoms with Crippen molar-refractivity contribution in [2.75, 3.05) is 25.4 Å². The topological polar surface area (TPSA) is 23.6 Å². The van der Waals surface area contributed by atoms with Crippen LogP contribution in [0.4, 0.5) is 4.39 Å². The predicted molar refractivity (Wildman–Crippen MR) is 119 cm³/mol. The van der Waals surface area contributed by atoms with Crippen LogP contribution in [0.25, 0.3) is 0 Å². The molecule has 3 nitrogen and oxygen atoms in total. The van der Waals surface area contributed by atoms with Gasteiger partial charge >= 0.3 is 0 Å². The van der Waals surface area contributed by atoms with E-state index in [2.05, 4.69) is 43.9 Å². The van der Waals surface area contributed by atoms with Crippen LogP contribution in [-0.2, 0) is 11.3 Å². The van der Waals surface area contributed by atoms with E-state index in [1.165, 1.54) is 28.8 Å². The maximum absolute atomic E-state index is 13.3. The quantitative estimate of drug-likeness (QED) is 0.584. The Bertz CT molecular complexity index is 824. The Balaban J connectivity index is 1.71. The number of amides is 1. The number of rotatable bonds is 8. The van der Waals surface area contributed by atoms with Crippen molar-refractivity contribution in [1.82, 2.24) is 9.80 Å². The van der Waals surface area contributed by atoms with Gasteiger partial charge in [-0.15, -0.1) is 11.8 Å². The summed E-state index contributed by atoms with van der Waals surface area (Å²) in [6.07, 6.45) is 2.18. The lowest BCUT2D eigenvalue weighted by atomic mass is 10.0. The molecule has 1 fully saturated rings. The second kappa shape index (κ2) is 10.3. The molecule has 5 heteroatoms.